The van der Waals surface area contributed by atoms with Crippen molar-refractivity contribution in [3.63, 3.8) is 0 Å². The molecule has 0 radical (unpaired) electrons. The summed E-state index contributed by atoms with van der Waals surface area (Å²) in [5.74, 6) is -0.692. The van der Waals surface area contributed by atoms with Crippen molar-refractivity contribution >= 4 is 10.1 Å². The van der Waals surface area contributed by atoms with Crippen molar-refractivity contribution in [2.75, 3.05) is 19.0 Å². The third kappa shape index (κ3) is 12.6. The van der Waals surface area contributed by atoms with E-state index >= 15 is 0 Å². The molecule has 1 atom stereocenters. The van der Waals surface area contributed by atoms with E-state index in [2.05, 4.69) is 0 Å². The summed E-state index contributed by atoms with van der Waals surface area (Å²) in [7, 11) is -4.11. The topological polar surface area (TPSA) is 83.8 Å². The van der Waals surface area contributed by atoms with Crippen LogP contribution in [0.5, 0.6) is 0 Å². The van der Waals surface area contributed by atoms with Crippen molar-refractivity contribution in [3.8, 4) is 0 Å². The molecular weight excluding hydrogens is 219 g/mol. The Hall–Kier alpha value is 0.570. The molecule has 0 aliphatic rings. The van der Waals surface area contributed by atoms with E-state index < -0.39 is 22.0 Å². The Bertz CT molecular complexity index is 254. The van der Waals surface area contributed by atoms with Crippen LogP contribution in [0, 0.1) is 0 Å². The van der Waals surface area contributed by atoms with Crippen LogP contribution >= 0.6 is 0 Å². The van der Waals surface area contributed by atoms with Gasteiger partial charge < -0.3 is 11.3 Å². The Morgan fingerprint density at radius 2 is 2.14 bits per heavy atom. The number of aliphatic hydroxyl groups is 1. The van der Waals surface area contributed by atoms with Gasteiger partial charge in [-0.25, -0.2) is 0 Å². The molecule has 7 heteroatoms. The number of ether oxygens (including phenoxy) is 1. The van der Waals surface area contributed by atoms with Gasteiger partial charge in [-0.05, 0) is 6.92 Å². The average Bonchev–Trinajstić information content (AvgIpc) is 1.94. The van der Waals surface area contributed by atoms with Crippen LogP contribution in [0.3, 0.4) is 0 Å². The molecule has 0 aliphatic carbocycles. The third-order valence-electron chi connectivity index (χ3n) is 1.16. The molecule has 0 amide bonds. The van der Waals surface area contributed by atoms with E-state index in [1.807, 2.05) is 6.92 Å². The second-order valence-corrected chi connectivity index (χ2v) is 4.01. The van der Waals surface area contributed by atoms with Crippen molar-refractivity contribution < 1.29 is 53.8 Å². The van der Waals surface area contributed by atoms with E-state index in [-0.39, 0.29) is 37.6 Å². The number of hydrogen-bond acceptors (Lipinski definition) is 4. The molecule has 0 rings (SSSR count). The molecule has 0 bridgehead atoms. The zero-order valence-corrected chi connectivity index (χ0v) is 11.2. The minimum absolute atomic E-state index is 0. The van der Waals surface area contributed by atoms with E-state index in [0.717, 1.165) is 0 Å². The molecule has 1 unspecified atom stereocenters. The van der Waals surface area contributed by atoms with Gasteiger partial charge in [-0.1, -0.05) is 12.2 Å². The minimum Gasteiger partial charge on any atom is -1.00 e. The van der Waals surface area contributed by atoms with Crippen molar-refractivity contribution in [2.45, 2.75) is 13.0 Å². The Morgan fingerprint density at radius 1 is 1.57 bits per heavy atom. The molecule has 0 aromatic heterocycles. The van der Waals surface area contributed by atoms with Crippen LogP contribution < -0.4 is 29.6 Å². The molecule has 0 spiro atoms. The van der Waals surface area contributed by atoms with Gasteiger partial charge in [-0.3, -0.25) is 4.55 Å². The van der Waals surface area contributed by atoms with E-state index in [4.69, 9.17) is 14.4 Å². The summed E-state index contributed by atoms with van der Waals surface area (Å²) in [5.41, 5.74) is 0. The number of rotatable bonds is 6. The van der Waals surface area contributed by atoms with Gasteiger partial charge in [0.15, 0.2) is 0 Å². The Balaban J connectivity index is -0.000000720. The van der Waals surface area contributed by atoms with Gasteiger partial charge in [0.25, 0.3) is 10.1 Å². The fourth-order valence-corrected chi connectivity index (χ4v) is 1.24. The molecule has 0 aromatic rings. The first-order valence-corrected chi connectivity index (χ1v) is 5.38. The monoisotopic (exact) mass is 234 g/mol. The summed E-state index contributed by atoms with van der Waals surface area (Å²) in [6, 6.07) is 0. The summed E-state index contributed by atoms with van der Waals surface area (Å²) >= 11 is 0. The summed E-state index contributed by atoms with van der Waals surface area (Å²) in [6.07, 6.45) is 2.32. The van der Waals surface area contributed by atoms with E-state index in [1.165, 1.54) is 0 Å². The van der Waals surface area contributed by atoms with Crippen LogP contribution in [-0.4, -0.2) is 43.1 Å². The van der Waals surface area contributed by atoms with Crippen LogP contribution in [0.4, 0.5) is 0 Å². The Kier molecular flexibility index (Phi) is 10.7. The van der Waals surface area contributed by atoms with Gasteiger partial charge in [-0.2, -0.15) is 8.42 Å². The van der Waals surface area contributed by atoms with Crippen LogP contribution in [0.25, 0.3) is 0 Å². The quantitative estimate of drug-likeness (QED) is 0.221. The van der Waals surface area contributed by atoms with Gasteiger partial charge in [0.2, 0.25) is 0 Å². The first kappa shape index (κ1) is 17.0. The molecule has 14 heavy (non-hydrogen) atoms. The molecule has 0 fully saturated rings. The van der Waals surface area contributed by atoms with Crippen molar-refractivity contribution in [2.24, 2.45) is 0 Å². The number of aliphatic hydroxyl groups excluding tert-OH is 1. The van der Waals surface area contributed by atoms with Crippen molar-refractivity contribution in [1.82, 2.24) is 0 Å². The molecule has 0 aliphatic heterocycles. The van der Waals surface area contributed by atoms with E-state index in [9.17, 15) is 8.42 Å². The molecule has 0 saturated carbocycles. The Morgan fingerprint density at radius 3 is 2.57 bits per heavy atom. The zero-order chi connectivity index (χ0) is 10.3. The zero-order valence-electron chi connectivity index (χ0n) is 9.38. The molecule has 0 saturated heterocycles. The summed E-state index contributed by atoms with van der Waals surface area (Å²) < 4.78 is 33.7. The van der Waals surface area contributed by atoms with Crippen molar-refractivity contribution in [3.05, 3.63) is 12.2 Å². The average molecular weight is 234 g/mol. The van der Waals surface area contributed by atoms with Crippen LogP contribution in [0.15, 0.2) is 12.2 Å². The third-order valence-corrected chi connectivity index (χ3v) is 1.97. The van der Waals surface area contributed by atoms with Gasteiger partial charge in [-0.15, -0.1) is 0 Å². The SMILES string of the molecule is CC=CCOCC(O)CS(=O)(=O)O.[H-].[Na+]. The standard InChI is InChI=1S/C7H14O5S.Na.H/c1-2-3-4-12-5-7(8)6-13(9,10)11;;/h2-3,7-8H,4-6H2,1H3,(H,9,10,11);;/q;+1;-1. The summed E-state index contributed by atoms with van der Waals surface area (Å²) in [5, 5.41) is 9.00. The molecule has 0 heterocycles. The van der Waals surface area contributed by atoms with Crippen LogP contribution in [0.2, 0.25) is 0 Å². The molecule has 5 nitrogen and oxygen atoms in total. The smallest absolute Gasteiger partial charge is 1.00 e. The second-order valence-electron chi connectivity index (χ2n) is 2.51. The second kappa shape index (κ2) is 8.84. The van der Waals surface area contributed by atoms with Crippen molar-refractivity contribution in [1.29, 1.82) is 0 Å². The number of hydrogen-bond donors (Lipinski definition) is 2. The summed E-state index contributed by atoms with van der Waals surface area (Å²) in [6.45, 7) is 2.03. The van der Waals surface area contributed by atoms with Crippen LogP contribution in [0.1, 0.15) is 8.35 Å². The van der Waals surface area contributed by atoms with Gasteiger partial charge in [0.1, 0.15) is 5.75 Å². The molecule has 2 N–H and O–H groups in total. The summed E-state index contributed by atoms with van der Waals surface area (Å²) in [4.78, 5) is 0. The van der Waals surface area contributed by atoms with Gasteiger partial charge in [0, 0.05) is 0 Å². The predicted octanol–water partition coefficient (Wildman–Crippen LogP) is -3.06. The Labute approximate surface area is 108 Å². The maximum Gasteiger partial charge on any atom is 1.00 e. The molecule has 80 valence electrons. The first-order chi connectivity index (χ1) is 5.95. The number of allylic oxidation sites excluding steroid dienone is 1. The normalized spacial score (nSPS) is 13.9. The fourth-order valence-electron chi connectivity index (χ4n) is 0.660. The molecule has 0 aromatic carbocycles. The van der Waals surface area contributed by atoms with Crippen LogP contribution in [-0.2, 0) is 14.9 Å². The minimum atomic E-state index is -4.11. The van der Waals surface area contributed by atoms with Gasteiger partial charge >= 0.3 is 29.6 Å². The predicted molar refractivity (Wildman–Crippen MR) is 49.2 cm³/mol. The fraction of sp³-hybridized carbons (Fsp3) is 0.714. The van der Waals surface area contributed by atoms with E-state index in [0.29, 0.717) is 6.61 Å². The van der Waals surface area contributed by atoms with Gasteiger partial charge in [0.05, 0.1) is 19.3 Å². The first-order valence-electron chi connectivity index (χ1n) is 3.78. The maximum absolute atomic E-state index is 10.3. The largest absolute Gasteiger partial charge is 1.00 e. The molecular formula is C7H15NaO5S. The maximum atomic E-state index is 10.3. The van der Waals surface area contributed by atoms with E-state index in [1.54, 1.807) is 12.2 Å².